The van der Waals surface area contributed by atoms with E-state index in [1.54, 1.807) is 37.3 Å². The number of allylic oxidation sites excluding steroid dienone is 2. The van der Waals surface area contributed by atoms with Gasteiger partial charge in [0.1, 0.15) is 11.8 Å². The van der Waals surface area contributed by atoms with Gasteiger partial charge in [-0.15, -0.1) is 0 Å². The predicted molar refractivity (Wildman–Crippen MR) is 106 cm³/mol. The predicted octanol–water partition coefficient (Wildman–Crippen LogP) is 3.29. The molecule has 0 aromatic heterocycles. The van der Waals surface area contributed by atoms with Gasteiger partial charge in [-0.3, -0.25) is 4.79 Å². The second kappa shape index (κ2) is 8.43. The van der Waals surface area contributed by atoms with Crippen LogP contribution in [0.25, 0.3) is 0 Å². The van der Waals surface area contributed by atoms with Gasteiger partial charge in [0.05, 0.1) is 6.61 Å². The average molecular weight is 391 g/mol. The minimum absolute atomic E-state index is 0.148. The summed E-state index contributed by atoms with van der Waals surface area (Å²) in [6.45, 7) is 1.97. The molecule has 0 bridgehead atoms. The molecule has 0 spiro atoms. The van der Waals surface area contributed by atoms with Gasteiger partial charge >= 0.3 is 5.97 Å². The van der Waals surface area contributed by atoms with Crippen molar-refractivity contribution in [3.05, 3.63) is 95.3 Å². The molecule has 2 aromatic rings. The molecule has 0 radical (unpaired) electrons. The first-order chi connectivity index (χ1) is 14.1. The molecule has 148 valence electrons. The zero-order valence-corrected chi connectivity index (χ0v) is 15.9. The molecule has 2 heterocycles. The van der Waals surface area contributed by atoms with Gasteiger partial charge in [0.15, 0.2) is 18.2 Å². The molecule has 6 heteroatoms. The minimum Gasteiger partial charge on any atom is -0.452 e. The van der Waals surface area contributed by atoms with Crippen molar-refractivity contribution in [1.29, 1.82) is 0 Å². The lowest BCUT2D eigenvalue weighted by Gasteiger charge is -2.37. The number of nitrogens with one attached hydrogen (secondary N) is 1. The number of hydrogen-bond acceptors (Lipinski definition) is 6. The van der Waals surface area contributed by atoms with Crippen molar-refractivity contribution in [3.8, 4) is 0 Å². The zero-order valence-electron chi connectivity index (χ0n) is 15.9. The van der Waals surface area contributed by atoms with Crippen LogP contribution in [0.15, 0.2) is 84.2 Å². The lowest BCUT2D eigenvalue weighted by molar-refractivity contribution is -0.252. The van der Waals surface area contributed by atoms with Crippen molar-refractivity contribution >= 4 is 11.8 Å². The number of hydrogen-bond donors (Lipinski definition) is 1. The first-order valence-corrected chi connectivity index (χ1v) is 9.39. The summed E-state index contributed by atoms with van der Waals surface area (Å²) in [6.07, 6.45) is 1.69. The molecular formula is C23H21NO5. The number of ketones is 1. The highest BCUT2D eigenvalue weighted by molar-refractivity contribution is 6.04. The van der Waals surface area contributed by atoms with Crippen LogP contribution in [0, 0.1) is 0 Å². The largest absolute Gasteiger partial charge is 0.452 e. The average Bonchev–Trinajstić information content (AvgIpc) is 2.75. The van der Waals surface area contributed by atoms with Crippen LogP contribution in [-0.2, 0) is 19.0 Å². The van der Waals surface area contributed by atoms with Gasteiger partial charge in [0, 0.05) is 22.9 Å². The fourth-order valence-electron chi connectivity index (χ4n) is 3.24. The van der Waals surface area contributed by atoms with Crippen LogP contribution in [0.1, 0.15) is 29.1 Å². The van der Waals surface area contributed by atoms with E-state index in [1.165, 1.54) is 6.08 Å². The number of ether oxygens (including phenoxy) is 3. The molecule has 0 unspecified atom stereocenters. The molecule has 4 rings (SSSR count). The molecule has 1 fully saturated rings. The van der Waals surface area contributed by atoms with Crippen LogP contribution in [-0.4, -0.2) is 30.6 Å². The van der Waals surface area contributed by atoms with E-state index >= 15 is 0 Å². The molecule has 3 atom stereocenters. The smallest absolute Gasteiger partial charge is 0.354 e. The summed E-state index contributed by atoms with van der Waals surface area (Å²) < 4.78 is 17.1. The molecule has 2 aliphatic rings. The molecule has 1 N–H and O–H groups in total. The summed E-state index contributed by atoms with van der Waals surface area (Å²) in [5, 5.41) is 2.96. The fourth-order valence-corrected chi connectivity index (χ4v) is 3.24. The van der Waals surface area contributed by atoms with Gasteiger partial charge in [0.25, 0.3) is 0 Å². The summed E-state index contributed by atoms with van der Waals surface area (Å²) in [5.74, 6) is -0.652. The van der Waals surface area contributed by atoms with Gasteiger partial charge in [-0.2, -0.15) is 0 Å². The van der Waals surface area contributed by atoms with E-state index in [1.807, 2.05) is 36.4 Å². The standard InChI is InChI=1S/C23H21NO5/c1-15(12-19(25)16-8-4-2-5-9-16)24-18-13-20-21(28-22(18)26)14-27-23(29-20)17-10-6-3-7-11-17/h2-13,20-21,23-24H,14H2,1H3/b15-12-/t20-,21+,23+/m0/s1. The number of esters is 1. The van der Waals surface area contributed by atoms with Crippen molar-refractivity contribution in [2.45, 2.75) is 25.4 Å². The maximum absolute atomic E-state index is 12.3. The number of carbonyl (C=O) groups excluding carboxylic acids is 2. The zero-order chi connectivity index (χ0) is 20.2. The van der Waals surface area contributed by atoms with E-state index in [-0.39, 0.29) is 18.1 Å². The Kier molecular flexibility index (Phi) is 5.55. The highest BCUT2D eigenvalue weighted by Gasteiger charge is 2.38. The third kappa shape index (κ3) is 4.45. The van der Waals surface area contributed by atoms with E-state index in [0.717, 1.165) is 5.56 Å². The maximum atomic E-state index is 12.3. The number of rotatable bonds is 5. The summed E-state index contributed by atoms with van der Waals surface area (Å²) >= 11 is 0. The highest BCUT2D eigenvalue weighted by atomic mass is 16.7. The topological polar surface area (TPSA) is 73.9 Å². The van der Waals surface area contributed by atoms with Gasteiger partial charge in [-0.1, -0.05) is 60.7 Å². The van der Waals surface area contributed by atoms with Crippen LogP contribution in [0.2, 0.25) is 0 Å². The van der Waals surface area contributed by atoms with Gasteiger partial charge < -0.3 is 19.5 Å². The van der Waals surface area contributed by atoms with Crippen molar-refractivity contribution in [2.24, 2.45) is 0 Å². The van der Waals surface area contributed by atoms with Crippen LogP contribution in [0.5, 0.6) is 0 Å². The molecule has 2 aliphatic heterocycles. The van der Waals surface area contributed by atoms with E-state index in [2.05, 4.69) is 5.32 Å². The van der Waals surface area contributed by atoms with E-state index in [9.17, 15) is 9.59 Å². The summed E-state index contributed by atoms with van der Waals surface area (Å²) in [4.78, 5) is 24.6. The number of fused-ring (bicyclic) bond motifs is 1. The first-order valence-electron chi connectivity index (χ1n) is 9.39. The lowest BCUT2D eigenvalue weighted by Crippen LogP contribution is -2.47. The lowest BCUT2D eigenvalue weighted by atomic mass is 10.1. The molecule has 0 amide bonds. The Morgan fingerprint density at radius 3 is 2.48 bits per heavy atom. The molecule has 0 aliphatic carbocycles. The SMILES string of the molecule is C/C(=C/C(=O)c1ccccc1)NC1=C[C@@H]2O[C@H](c3ccccc3)OC[C@H]2OC1=O. The third-order valence-electron chi connectivity index (χ3n) is 4.68. The molecule has 1 saturated heterocycles. The van der Waals surface area contributed by atoms with Gasteiger partial charge in [-0.05, 0) is 13.0 Å². The molecule has 6 nitrogen and oxygen atoms in total. The van der Waals surface area contributed by atoms with Crippen molar-refractivity contribution < 1.29 is 23.8 Å². The summed E-state index contributed by atoms with van der Waals surface area (Å²) in [6, 6.07) is 18.5. The van der Waals surface area contributed by atoms with Gasteiger partial charge in [-0.25, -0.2) is 4.79 Å². The Morgan fingerprint density at radius 1 is 1.07 bits per heavy atom. The summed E-state index contributed by atoms with van der Waals surface area (Å²) in [5.41, 5.74) is 2.25. The highest BCUT2D eigenvalue weighted by Crippen LogP contribution is 2.30. The number of benzene rings is 2. The second-order valence-corrected chi connectivity index (χ2v) is 6.88. The van der Waals surface area contributed by atoms with E-state index in [0.29, 0.717) is 11.3 Å². The Balaban J connectivity index is 1.47. The van der Waals surface area contributed by atoms with Crippen LogP contribution in [0.4, 0.5) is 0 Å². The van der Waals surface area contributed by atoms with E-state index < -0.39 is 24.5 Å². The van der Waals surface area contributed by atoms with Crippen LogP contribution in [0.3, 0.4) is 0 Å². The molecule has 2 aromatic carbocycles. The third-order valence-corrected chi connectivity index (χ3v) is 4.68. The minimum atomic E-state index is -0.525. The first kappa shape index (κ1) is 19.1. The van der Waals surface area contributed by atoms with Crippen LogP contribution < -0.4 is 5.32 Å². The Hall–Kier alpha value is -3.22. The van der Waals surface area contributed by atoms with Crippen molar-refractivity contribution in [2.75, 3.05) is 6.61 Å². The summed E-state index contributed by atoms with van der Waals surface area (Å²) in [7, 11) is 0. The van der Waals surface area contributed by atoms with Crippen molar-refractivity contribution in [1.82, 2.24) is 5.32 Å². The van der Waals surface area contributed by atoms with Crippen molar-refractivity contribution in [3.63, 3.8) is 0 Å². The van der Waals surface area contributed by atoms with E-state index in [4.69, 9.17) is 14.2 Å². The van der Waals surface area contributed by atoms with Gasteiger partial charge in [0.2, 0.25) is 0 Å². The second-order valence-electron chi connectivity index (χ2n) is 6.88. The monoisotopic (exact) mass is 391 g/mol. The van der Waals surface area contributed by atoms with Crippen LogP contribution >= 0.6 is 0 Å². The Morgan fingerprint density at radius 2 is 1.76 bits per heavy atom. The quantitative estimate of drug-likeness (QED) is 0.479. The number of carbonyl (C=O) groups is 2. The maximum Gasteiger partial charge on any atom is 0.354 e. The molecular weight excluding hydrogens is 370 g/mol. The Labute approximate surface area is 168 Å². The fraction of sp³-hybridized carbons (Fsp3) is 0.217. The molecule has 0 saturated carbocycles. The Bertz CT molecular complexity index is 952. The normalized spacial score (nSPS) is 24.2. The molecule has 29 heavy (non-hydrogen) atoms.